The van der Waals surface area contributed by atoms with E-state index < -0.39 is 0 Å². The molecule has 5 rings (SSSR count). The molecule has 0 fully saturated rings. The Morgan fingerprint density at radius 3 is 2.06 bits per heavy atom. The summed E-state index contributed by atoms with van der Waals surface area (Å²) in [6, 6.07) is 21.2. The van der Waals surface area contributed by atoms with Crippen LogP contribution in [-0.2, 0) is 19.9 Å². The number of rotatable bonds is 4. The Labute approximate surface area is 204 Å². The third-order valence-corrected chi connectivity index (χ3v) is 7.09. The van der Waals surface area contributed by atoms with Crippen LogP contribution in [0.15, 0.2) is 72.8 Å². The van der Waals surface area contributed by atoms with E-state index in [2.05, 4.69) is 95.6 Å². The largest absolute Gasteiger partial charge is 0.412 e. The van der Waals surface area contributed by atoms with Crippen LogP contribution in [0, 0.1) is 0 Å². The van der Waals surface area contributed by atoms with Crippen LogP contribution in [0.1, 0.15) is 55.3 Å². The second-order valence-corrected chi connectivity index (χ2v) is 9.29. The first-order valence-corrected chi connectivity index (χ1v) is 12.9. The molecule has 2 aliphatic rings. The summed E-state index contributed by atoms with van der Waals surface area (Å²) in [5.41, 5.74) is 6.98. The number of fused-ring (bicyclic) bond motifs is 1. The van der Waals surface area contributed by atoms with E-state index in [1.54, 1.807) is 10.6 Å². The lowest BCUT2D eigenvalue weighted by atomic mass is 10.0. The second-order valence-electron chi connectivity index (χ2n) is 8.07. The highest BCUT2D eigenvalue weighted by Crippen LogP contribution is 2.31. The zero-order valence-electron chi connectivity index (χ0n) is 20.7. The third kappa shape index (κ3) is 7.29. The fourth-order valence-corrected chi connectivity index (χ4v) is 5.32. The van der Waals surface area contributed by atoms with Gasteiger partial charge in [-0.05, 0) is 48.1 Å². The van der Waals surface area contributed by atoms with Gasteiger partial charge in [-0.2, -0.15) is 0 Å². The molecule has 4 heteroatoms. The number of allylic oxidation sites excluding steroid dienone is 4. The van der Waals surface area contributed by atoms with Crippen molar-refractivity contribution < 1.29 is 5.48 Å². The zero-order chi connectivity index (χ0) is 22.8. The molecule has 0 radical (unpaired) electrons. The molecule has 33 heavy (non-hydrogen) atoms. The van der Waals surface area contributed by atoms with Crippen molar-refractivity contribution in [3.63, 3.8) is 0 Å². The molecule has 1 aromatic heterocycles. The zero-order valence-corrected chi connectivity index (χ0v) is 21.5. The van der Waals surface area contributed by atoms with Crippen LogP contribution in [0.25, 0.3) is 11.1 Å². The van der Waals surface area contributed by atoms with Crippen LogP contribution in [0.4, 0.5) is 0 Å². The van der Waals surface area contributed by atoms with Gasteiger partial charge in [0.05, 0.1) is 0 Å². The van der Waals surface area contributed by atoms with Crippen LogP contribution >= 0.6 is 11.5 Å². The van der Waals surface area contributed by atoms with E-state index in [4.69, 9.17) is 0 Å². The van der Waals surface area contributed by atoms with Gasteiger partial charge < -0.3 is 14.3 Å². The highest BCUT2D eigenvalue weighted by atomic mass is 32.1. The fourth-order valence-electron chi connectivity index (χ4n) is 4.28. The molecular formula is C29H40N2OS. The summed E-state index contributed by atoms with van der Waals surface area (Å²) < 4.78 is 2.32. The topological polar surface area (TPSA) is 39.7 Å². The molecule has 0 spiro atoms. The summed E-state index contributed by atoms with van der Waals surface area (Å²) in [4.78, 5) is 4.23. The van der Waals surface area contributed by atoms with Crippen molar-refractivity contribution in [3.05, 3.63) is 94.5 Å². The summed E-state index contributed by atoms with van der Waals surface area (Å²) in [6.07, 6.45) is 9.47. The summed E-state index contributed by atoms with van der Waals surface area (Å²) >= 11 is 1.93. The summed E-state index contributed by atoms with van der Waals surface area (Å²) in [7, 11) is 2.18. The Bertz CT molecular complexity index is 999. The Morgan fingerprint density at radius 1 is 0.848 bits per heavy atom. The molecule has 1 aliphatic carbocycles. The molecule has 3 aromatic rings. The summed E-state index contributed by atoms with van der Waals surface area (Å²) in [5.74, 6) is 0. The van der Waals surface area contributed by atoms with Crippen molar-refractivity contribution in [2.75, 3.05) is 19.6 Å². The van der Waals surface area contributed by atoms with Crippen LogP contribution < -0.4 is 0 Å². The van der Waals surface area contributed by atoms with E-state index in [-0.39, 0.29) is 5.48 Å². The minimum Gasteiger partial charge on any atom is -0.412 e. The lowest BCUT2D eigenvalue weighted by Gasteiger charge is -2.17. The molecule has 2 heterocycles. The number of aryl methyl sites for hydroxylation is 1. The molecule has 2 aromatic carbocycles. The molecule has 0 saturated heterocycles. The van der Waals surface area contributed by atoms with Gasteiger partial charge >= 0.3 is 0 Å². The first-order chi connectivity index (χ1) is 15.7. The van der Waals surface area contributed by atoms with E-state index in [0.29, 0.717) is 0 Å². The van der Waals surface area contributed by atoms with Gasteiger partial charge in [-0.3, -0.25) is 0 Å². The molecule has 0 unspecified atom stereocenters. The van der Waals surface area contributed by atoms with Crippen LogP contribution in [-0.4, -0.2) is 34.0 Å². The Hall–Kier alpha value is -2.40. The van der Waals surface area contributed by atoms with E-state index in [0.717, 1.165) is 6.42 Å². The van der Waals surface area contributed by atoms with Gasteiger partial charge in [0, 0.05) is 37.1 Å². The SMILES string of the molecule is C1=C(c2ccccc2)C=C(c2ccccc2)C1.CC.CCCN1CCc2sn(C)c2CC1.O. The highest BCUT2D eigenvalue weighted by molar-refractivity contribution is 7.07. The summed E-state index contributed by atoms with van der Waals surface area (Å²) in [6.45, 7) is 10.1. The average molecular weight is 465 g/mol. The molecule has 3 nitrogen and oxygen atoms in total. The number of nitrogens with zero attached hydrogens (tertiary/aromatic N) is 2. The van der Waals surface area contributed by atoms with Crippen molar-refractivity contribution >= 4 is 22.7 Å². The van der Waals surface area contributed by atoms with E-state index >= 15 is 0 Å². The maximum Gasteiger partial charge on any atom is 0.0437 e. The number of benzene rings is 2. The number of hydrogen-bond donors (Lipinski definition) is 0. The molecule has 0 bridgehead atoms. The van der Waals surface area contributed by atoms with Gasteiger partial charge in [-0.25, -0.2) is 0 Å². The van der Waals surface area contributed by atoms with Gasteiger partial charge in [0.15, 0.2) is 0 Å². The standard InChI is InChI=1S/C17H14.C10H18N2S.C2H6.H2O/c1-3-7-14(8-4-1)16-11-12-17(13-16)15-9-5-2-6-10-15;1-3-6-12-7-4-9-10(5-8-12)13-11(9)2;1-2;/h1-11,13H,12H2;3-8H2,1-2H3;1-2H3;1H2. The number of aromatic nitrogens is 1. The second kappa shape index (κ2) is 14.0. The smallest absolute Gasteiger partial charge is 0.0437 e. The van der Waals surface area contributed by atoms with Gasteiger partial charge in [-0.15, -0.1) is 0 Å². The fraction of sp³-hybridized carbons (Fsp3) is 0.379. The van der Waals surface area contributed by atoms with Crippen molar-refractivity contribution in [2.24, 2.45) is 7.05 Å². The Kier molecular flexibility index (Phi) is 11.4. The predicted octanol–water partition coefficient (Wildman–Crippen LogP) is 6.66. The van der Waals surface area contributed by atoms with Crippen molar-refractivity contribution in [3.8, 4) is 0 Å². The molecule has 178 valence electrons. The van der Waals surface area contributed by atoms with Gasteiger partial charge in [0.1, 0.15) is 0 Å². The quantitative estimate of drug-likeness (QED) is 0.426. The molecule has 1 aliphatic heterocycles. The first-order valence-electron chi connectivity index (χ1n) is 12.1. The normalized spacial score (nSPS) is 14.9. The monoisotopic (exact) mass is 464 g/mol. The Balaban J connectivity index is 0.000000218. The molecule has 2 N–H and O–H groups in total. The van der Waals surface area contributed by atoms with Crippen LogP contribution in [0.3, 0.4) is 0 Å². The van der Waals surface area contributed by atoms with Crippen LogP contribution in [0.5, 0.6) is 0 Å². The lowest BCUT2D eigenvalue weighted by Crippen LogP contribution is -2.27. The van der Waals surface area contributed by atoms with E-state index in [1.807, 2.05) is 25.4 Å². The third-order valence-electron chi connectivity index (χ3n) is 5.93. The Morgan fingerprint density at radius 2 is 1.45 bits per heavy atom. The molecular weight excluding hydrogens is 424 g/mol. The average Bonchev–Trinajstić information content (AvgIpc) is 3.28. The minimum absolute atomic E-state index is 0. The molecule has 0 atom stereocenters. The van der Waals surface area contributed by atoms with E-state index in [1.165, 1.54) is 61.2 Å². The summed E-state index contributed by atoms with van der Waals surface area (Å²) in [5, 5.41) is 0. The highest BCUT2D eigenvalue weighted by Gasteiger charge is 2.18. The van der Waals surface area contributed by atoms with Gasteiger partial charge in [0.2, 0.25) is 0 Å². The predicted molar refractivity (Wildman–Crippen MR) is 146 cm³/mol. The molecule has 0 amide bonds. The van der Waals surface area contributed by atoms with Gasteiger partial charge in [-0.1, -0.05) is 105 Å². The maximum absolute atomic E-state index is 2.59. The van der Waals surface area contributed by atoms with Crippen molar-refractivity contribution in [1.29, 1.82) is 0 Å². The minimum atomic E-state index is 0. The molecule has 0 saturated carbocycles. The maximum atomic E-state index is 2.59. The first kappa shape index (κ1) is 26.8. The van der Waals surface area contributed by atoms with E-state index in [9.17, 15) is 0 Å². The van der Waals surface area contributed by atoms with Gasteiger partial charge in [0.25, 0.3) is 0 Å². The van der Waals surface area contributed by atoms with Crippen molar-refractivity contribution in [2.45, 2.75) is 46.5 Å². The van der Waals surface area contributed by atoms with Crippen LogP contribution in [0.2, 0.25) is 0 Å². The lowest BCUT2D eigenvalue weighted by molar-refractivity contribution is 0.288. The number of hydrogen-bond acceptors (Lipinski definition) is 2. The van der Waals surface area contributed by atoms with Crippen molar-refractivity contribution in [1.82, 2.24) is 8.86 Å².